The molecule has 5 heteroatoms. The van der Waals surface area contributed by atoms with Gasteiger partial charge in [0.1, 0.15) is 5.78 Å². The molecule has 2 atom stereocenters. The fourth-order valence-corrected chi connectivity index (χ4v) is 0.948. The Morgan fingerprint density at radius 1 is 1.46 bits per heavy atom. The molecule has 0 aliphatic carbocycles. The van der Waals surface area contributed by atoms with Crippen molar-refractivity contribution in [1.82, 2.24) is 0 Å². The van der Waals surface area contributed by atoms with Crippen LogP contribution in [0.25, 0.3) is 0 Å². The van der Waals surface area contributed by atoms with Crippen molar-refractivity contribution >= 4 is 5.78 Å². The van der Waals surface area contributed by atoms with Gasteiger partial charge in [0.05, 0.1) is 0 Å². The second-order valence-electron chi connectivity index (χ2n) is 3.01. The van der Waals surface area contributed by atoms with E-state index in [4.69, 9.17) is 5.11 Å². The zero-order valence-corrected chi connectivity index (χ0v) is 7.56. The summed E-state index contributed by atoms with van der Waals surface area (Å²) in [5, 5.41) is 8.62. The van der Waals surface area contributed by atoms with Crippen LogP contribution in [0.2, 0.25) is 0 Å². The Balaban J connectivity index is 4.06. The fraction of sp³-hybridized carbons (Fsp3) is 0.875. The minimum Gasteiger partial charge on any atom is -0.384 e. The van der Waals surface area contributed by atoms with Crippen molar-refractivity contribution in [1.29, 1.82) is 0 Å². The lowest BCUT2D eigenvalue weighted by molar-refractivity contribution is -0.207. The minimum absolute atomic E-state index is 0.200. The van der Waals surface area contributed by atoms with Gasteiger partial charge in [-0.15, -0.1) is 0 Å². The van der Waals surface area contributed by atoms with Gasteiger partial charge in [-0.1, -0.05) is 13.8 Å². The van der Waals surface area contributed by atoms with Crippen LogP contribution in [0.5, 0.6) is 0 Å². The summed E-state index contributed by atoms with van der Waals surface area (Å²) in [4.78, 5) is 10.9. The van der Waals surface area contributed by atoms with Gasteiger partial charge < -0.3 is 5.11 Å². The highest BCUT2D eigenvalue weighted by atomic mass is 19.4. The molecule has 78 valence electrons. The average molecular weight is 198 g/mol. The van der Waals surface area contributed by atoms with E-state index in [2.05, 4.69) is 0 Å². The maximum atomic E-state index is 11.8. The third kappa shape index (κ3) is 4.26. The summed E-state index contributed by atoms with van der Waals surface area (Å²) < 4.78 is 35.4. The number of carbonyl (C=O) groups is 1. The number of halogens is 3. The third-order valence-corrected chi connectivity index (χ3v) is 1.85. The summed E-state index contributed by atoms with van der Waals surface area (Å²) in [6.07, 6.45) is -7.36. The monoisotopic (exact) mass is 198 g/mol. The Hall–Kier alpha value is -0.580. The van der Waals surface area contributed by atoms with Gasteiger partial charge in [0, 0.05) is 12.3 Å². The van der Waals surface area contributed by atoms with Gasteiger partial charge in [-0.2, -0.15) is 13.2 Å². The van der Waals surface area contributed by atoms with Crippen LogP contribution in [0, 0.1) is 5.92 Å². The van der Waals surface area contributed by atoms with Gasteiger partial charge in [-0.25, -0.2) is 0 Å². The first-order chi connectivity index (χ1) is 5.79. The standard InChI is InChI=1S/C8H13F3O2/c1-3-6(12)5(2)4-7(13)8(9,10)11/h5,7,13H,3-4H2,1-2H3. The van der Waals surface area contributed by atoms with Gasteiger partial charge in [-0.05, 0) is 6.42 Å². The summed E-state index contributed by atoms with van der Waals surface area (Å²) >= 11 is 0. The lowest BCUT2D eigenvalue weighted by Gasteiger charge is -2.17. The molecule has 0 bridgehead atoms. The van der Waals surface area contributed by atoms with Gasteiger partial charge in [0.15, 0.2) is 6.10 Å². The number of Topliss-reactive ketones (excluding diaryl/α,β-unsaturated/α-hetero) is 1. The second kappa shape index (κ2) is 4.60. The normalized spacial score (nSPS) is 16.8. The quantitative estimate of drug-likeness (QED) is 0.749. The van der Waals surface area contributed by atoms with E-state index in [-0.39, 0.29) is 12.2 Å². The molecule has 0 amide bonds. The van der Waals surface area contributed by atoms with Crippen LogP contribution in [-0.4, -0.2) is 23.2 Å². The highest BCUT2D eigenvalue weighted by Gasteiger charge is 2.39. The molecule has 0 aliphatic heterocycles. The molecule has 0 aliphatic rings. The summed E-state index contributed by atoms with van der Waals surface area (Å²) in [6, 6.07) is 0. The number of ketones is 1. The molecule has 0 aromatic rings. The van der Waals surface area contributed by atoms with Crippen molar-refractivity contribution in [2.24, 2.45) is 5.92 Å². The summed E-state index contributed by atoms with van der Waals surface area (Å²) in [5.41, 5.74) is 0. The van der Waals surface area contributed by atoms with Gasteiger partial charge in [0.25, 0.3) is 0 Å². The SMILES string of the molecule is CCC(=O)C(C)CC(O)C(F)(F)F. The summed E-state index contributed by atoms with van der Waals surface area (Å²) in [7, 11) is 0. The number of carbonyl (C=O) groups excluding carboxylic acids is 1. The number of rotatable bonds is 4. The van der Waals surface area contributed by atoms with Gasteiger partial charge in [0.2, 0.25) is 0 Å². The predicted molar refractivity (Wildman–Crippen MR) is 41.1 cm³/mol. The van der Waals surface area contributed by atoms with E-state index in [0.717, 1.165) is 0 Å². The van der Waals surface area contributed by atoms with Crippen LogP contribution < -0.4 is 0 Å². The van der Waals surface area contributed by atoms with E-state index in [1.54, 1.807) is 6.92 Å². The molecule has 0 aromatic heterocycles. The van der Waals surface area contributed by atoms with Crippen molar-refractivity contribution in [3.8, 4) is 0 Å². The van der Waals surface area contributed by atoms with Crippen molar-refractivity contribution in [2.45, 2.75) is 39.0 Å². The molecule has 2 unspecified atom stereocenters. The average Bonchev–Trinajstić information content (AvgIpc) is 2.01. The van der Waals surface area contributed by atoms with Crippen LogP contribution in [-0.2, 0) is 4.79 Å². The van der Waals surface area contributed by atoms with Gasteiger partial charge in [-0.3, -0.25) is 4.79 Å². The first-order valence-corrected chi connectivity index (χ1v) is 4.06. The first-order valence-electron chi connectivity index (χ1n) is 4.06. The van der Waals surface area contributed by atoms with Crippen LogP contribution >= 0.6 is 0 Å². The van der Waals surface area contributed by atoms with Crippen molar-refractivity contribution < 1.29 is 23.1 Å². The molecule has 0 aromatic carbocycles. The number of aliphatic hydroxyl groups is 1. The number of alkyl halides is 3. The van der Waals surface area contributed by atoms with E-state index < -0.39 is 24.6 Å². The highest BCUT2D eigenvalue weighted by Crippen LogP contribution is 2.25. The smallest absolute Gasteiger partial charge is 0.384 e. The fourth-order valence-electron chi connectivity index (χ4n) is 0.948. The second-order valence-corrected chi connectivity index (χ2v) is 3.01. The zero-order chi connectivity index (χ0) is 10.6. The Labute approximate surface area is 74.7 Å². The molecular weight excluding hydrogens is 185 g/mol. The van der Waals surface area contributed by atoms with E-state index in [1.807, 2.05) is 0 Å². The van der Waals surface area contributed by atoms with Gasteiger partial charge >= 0.3 is 6.18 Å². The molecular formula is C8H13F3O2. The number of hydrogen-bond donors (Lipinski definition) is 1. The molecule has 0 saturated heterocycles. The maximum Gasteiger partial charge on any atom is 0.414 e. The molecule has 0 saturated carbocycles. The van der Waals surface area contributed by atoms with Crippen molar-refractivity contribution in [2.75, 3.05) is 0 Å². The Kier molecular flexibility index (Phi) is 4.39. The molecule has 0 spiro atoms. The lowest BCUT2D eigenvalue weighted by Crippen LogP contribution is -2.31. The largest absolute Gasteiger partial charge is 0.414 e. The molecule has 13 heavy (non-hydrogen) atoms. The Morgan fingerprint density at radius 2 is 1.92 bits per heavy atom. The Morgan fingerprint density at radius 3 is 2.23 bits per heavy atom. The van der Waals surface area contributed by atoms with E-state index >= 15 is 0 Å². The Bertz CT molecular complexity index is 177. The van der Waals surface area contributed by atoms with E-state index in [0.29, 0.717) is 0 Å². The topological polar surface area (TPSA) is 37.3 Å². The van der Waals surface area contributed by atoms with Crippen molar-refractivity contribution in [3.05, 3.63) is 0 Å². The molecule has 0 radical (unpaired) electrons. The molecule has 0 fully saturated rings. The van der Waals surface area contributed by atoms with Crippen LogP contribution in [0.15, 0.2) is 0 Å². The minimum atomic E-state index is -4.62. The molecule has 1 N–H and O–H groups in total. The number of aliphatic hydroxyl groups excluding tert-OH is 1. The predicted octanol–water partition coefficient (Wildman–Crippen LogP) is 1.91. The molecule has 2 nitrogen and oxygen atoms in total. The third-order valence-electron chi connectivity index (χ3n) is 1.85. The van der Waals surface area contributed by atoms with Crippen LogP contribution in [0.1, 0.15) is 26.7 Å². The first kappa shape index (κ1) is 12.4. The lowest BCUT2D eigenvalue weighted by atomic mass is 9.97. The maximum absolute atomic E-state index is 11.8. The van der Waals surface area contributed by atoms with E-state index in [9.17, 15) is 18.0 Å². The molecule has 0 heterocycles. The molecule has 0 rings (SSSR count). The van der Waals surface area contributed by atoms with Crippen molar-refractivity contribution in [3.63, 3.8) is 0 Å². The number of hydrogen-bond acceptors (Lipinski definition) is 2. The van der Waals surface area contributed by atoms with Crippen LogP contribution in [0.3, 0.4) is 0 Å². The highest BCUT2D eigenvalue weighted by molar-refractivity contribution is 5.80. The van der Waals surface area contributed by atoms with E-state index in [1.165, 1.54) is 6.92 Å². The zero-order valence-electron chi connectivity index (χ0n) is 7.56. The van der Waals surface area contributed by atoms with Crippen LogP contribution in [0.4, 0.5) is 13.2 Å². The summed E-state index contributed by atoms with van der Waals surface area (Å²) in [5.74, 6) is -0.995. The summed E-state index contributed by atoms with van der Waals surface area (Å²) in [6.45, 7) is 2.97.